The van der Waals surface area contributed by atoms with E-state index in [1.54, 1.807) is 18.2 Å². The molecule has 28 heavy (non-hydrogen) atoms. The lowest BCUT2D eigenvalue weighted by Crippen LogP contribution is -2.44. The highest BCUT2D eigenvalue weighted by molar-refractivity contribution is 8.10. The molecule has 0 N–H and O–H groups in total. The Kier molecular flexibility index (Phi) is 7.96. The number of alkyl halides is 2. The molecule has 1 aliphatic rings. The van der Waals surface area contributed by atoms with Gasteiger partial charge < -0.3 is 4.74 Å². The van der Waals surface area contributed by atoms with Crippen molar-refractivity contribution in [3.05, 3.63) is 29.8 Å². The maximum absolute atomic E-state index is 13.9. The molecule has 1 aromatic carbocycles. The van der Waals surface area contributed by atoms with E-state index in [4.69, 9.17) is 10.00 Å². The molecule has 0 saturated carbocycles. The van der Waals surface area contributed by atoms with E-state index in [0.717, 1.165) is 6.42 Å². The Morgan fingerprint density at radius 3 is 2.46 bits per heavy atom. The fourth-order valence-corrected chi connectivity index (χ4v) is 4.22. The smallest absolute Gasteiger partial charge is 0.433 e. The summed E-state index contributed by atoms with van der Waals surface area (Å²) in [5.41, 5.74) is 0.113. The van der Waals surface area contributed by atoms with Gasteiger partial charge in [0.2, 0.25) is 0 Å². The summed E-state index contributed by atoms with van der Waals surface area (Å²) in [5, 5.41) is 16.3. The van der Waals surface area contributed by atoms with Gasteiger partial charge in [0, 0.05) is 23.7 Å². The van der Waals surface area contributed by atoms with Crippen LogP contribution in [0.15, 0.2) is 29.4 Å². The van der Waals surface area contributed by atoms with Crippen molar-refractivity contribution in [1.82, 2.24) is 4.31 Å². The van der Waals surface area contributed by atoms with E-state index in [2.05, 4.69) is 19.5 Å². The Labute approximate surface area is 164 Å². The Bertz CT molecular complexity index is 821. The molecule has 0 aliphatic carbocycles. The van der Waals surface area contributed by atoms with Crippen LogP contribution >= 0.6 is 12.0 Å². The molecule has 0 amide bonds. The van der Waals surface area contributed by atoms with E-state index in [1.807, 2.05) is 0 Å². The van der Waals surface area contributed by atoms with Crippen LogP contribution in [0.3, 0.4) is 0 Å². The highest BCUT2D eigenvalue weighted by atomic mass is 32.3. The first kappa shape index (κ1) is 22.3. The third-order valence-corrected chi connectivity index (χ3v) is 6.54. The summed E-state index contributed by atoms with van der Waals surface area (Å²) in [7, 11) is -3.44. The first-order valence-corrected chi connectivity index (χ1v) is 10.2. The van der Waals surface area contributed by atoms with Crippen LogP contribution < -0.4 is 4.74 Å². The largest absolute Gasteiger partial charge is 0.497 e. The van der Waals surface area contributed by atoms with Crippen molar-refractivity contribution in [2.45, 2.75) is 23.8 Å². The number of ether oxygens (including phenoxy) is 1. The van der Waals surface area contributed by atoms with Gasteiger partial charge in [0.1, 0.15) is 23.9 Å². The summed E-state index contributed by atoms with van der Waals surface area (Å²) < 4.78 is 57.3. The van der Waals surface area contributed by atoms with Crippen LogP contribution in [0.4, 0.5) is 8.78 Å². The molecule has 2 rings (SSSR count). The molecule has 0 atom stereocenters. The minimum Gasteiger partial charge on any atom is -0.497 e. The minimum atomic E-state index is -4.92. The van der Waals surface area contributed by atoms with Crippen LogP contribution in [0, 0.1) is 11.3 Å². The van der Waals surface area contributed by atoms with Crippen molar-refractivity contribution in [1.29, 1.82) is 5.26 Å². The number of rotatable bonds is 9. The van der Waals surface area contributed by atoms with Crippen molar-refractivity contribution in [2.24, 2.45) is 5.16 Å². The predicted molar refractivity (Wildman–Crippen MR) is 95.3 cm³/mol. The summed E-state index contributed by atoms with van der Waals surface area (Å²) in [6, 6.07) is 7.89. The van der Waals surface area contributed by atoms with Crippen molar-refractivity contribution >= 4 is 27.8 Å². The topological polar surface area (TPSA) is 110 Å². The molecule has 0 radical (unpaired) electrons. The van der Waals surface area contributed by atoms with E-state index in [1.165, 1.54) is 19.2 Å². The van der Waals surface area contributed by atoms with Gasteiger partial charge in [-0.25, -0.2) is 8.42 Å². The second-order valence-electron chi connectivity index (χ2n) is 5.50. The monoisotopic (exact) mass is 437 g/mol. The molecule has 1 aliphatic heterocycles. The van der Waals surface area contributed by atoms with Gasteiger partial charge in [0.05, 0.1) is 7.11 Å². The minimum absolute atomic E-state index is 0.0214. The van der Waals surface area contributed by atoms with E-state index in [0.29, 0.717) is 28.5 Å². The van der Waals surface area contributed by atoms with Gasteiger partial charge in [-0.3, -0.25) is 0 Å². The average Bonchev–Trinajstić information content (AvgIpc) is 2.71. The summed E-state index contributed by atoms with van der Waals surface area (Å²) in [6.45, 7) is 0.0427. The maximum atomic E-state index is 13.9. The Morgan fingerprint density at radius 1 is 1.25 bits per heavy atom. The number of benzene rings is 1. The summed E-state index contributed by atoms with van der Waals surface area (Å²) >= 11 is -0.740. The third-order valence-electron chi connectivity index (χ3n) is 3.74. The average molecular weight is 437 g/mol. The maximum Gasteiger partial charge on any atom is 0.433 e. The SMILES string of the molecule is COc1ccc(/C(C#N)=N/OOOSC(F)(F)S(=O)(=O)N2CCCCC2)cc1. The highest BCUT2D eigenvalue weighted by Gasteiger charge is 2.51. The molecule has 154 valence electrons. The highest BCUT2D eigenvalue weighted by Crippen LogP contribution is 2.38. The van der Waals surface area contributed by atoms with Crippen LogP contribution in [0.25, 0.3) is 0 Å². The molecule has 0 bridgehead atoms. The fourth-order valence-electron chi connectivity index (χ4n) is 2.30. The van der Waals surface area contributed by atoms with E-state index < -0.39 is 26.7 Å². The van der Waals surface area contributed by atoms with Gasteiger partial charge in [0.15, 0.2) is 5.71 Å². The van der Waals surface area contributed by atoms with Crippen LogP contribution in [0.1, 0.15) is 24.8 Å². The number of halogens is 2. The Morgan fingerprint density at radius 2 is 1.89 bits per heavy atom. The lowest BCUT2D eigenvalue weighted by Gasteiger charge is -2.28. The number of sulfonamides is 1. The number of methoxy groups -OCH3 is 1. The van der Waals surface area contributed by atoms with Crippen LogP contribution in [0.5, 0.6) is 5.75 Å². The number of hydrogen-bond acceptors (Lipinski definition) is 9. The van der Waals surface area contributed by atoms with E-state index >= 15 is 0 Å². The molecular formula is C15H17F2N3O6S2. The molecule has 0 spiro atoms. The molecule has 9 nitrogen and oxygen atoms in total. The van der Waals surface area contributed by atoms with Gasteiger partial charge in [-0.15, -0.1) is 4.33 Å². The van der Waals surface area contributed by atoms with Crippen molar-refractivity contribution in [3.8, 4) is 11.8 Å². The van der Waals surface area contributed by atoms with Crippen LogP contribution in [-0.4, -0.2) is 43.2 Å². The standard InChI is InChI=1S/C15H17F2N3O6S2/c1-23-13-7-5-12(6-8-13)14(11-18)19-24-25-26-27-15(16,17)28(21,22)20-9-3-2-4-10-20/h5-8H,2-4,9-10H2,1H3/b19-14+. The Balaban J connectivity index is 1.87. The molecule has 0 aromatic heterocycles. The zero-order valence-electron chi connectivity index (χ0n) is 14.7. The molecule has 1 heterocycles. The molecule has 1 fully saturated rings. The Hall–Kier alpha value is -1.98. The lowest BCUT2D eigenvalue weighted by atomic mass is 10.1. The van der Waals surface area contributed by atoms with E-state index in [9.17, 15) is 17.2 Å². The van der Waals surface area contributed by atoms with E-state index in [-0.39, 0.29) is 18.8 Å². The quantitative estimate of drug-likeness (QED) is 0.191. The zero-order valence-corrected chi connectivity index (χ0v) is 16.3. The third kappa shape index (κ3) is 5.52. The number of hydrogen-bond donors (Lipinski definition) is 0. The number of nitrogens with zero attached hydrogens (tertiary/aromatic N) is 3. The first-order chi connectivity index (χ1) is 13.3. The van der Waals surface area contributed by atoms with Gasteiger partial charge >= 0.3 is 4.59 Å². The molecule has 0 unspecified atom stereocenters. The first-order valence-electron chi connectivity index (χ1n) is 8.00. The number of piperidine rings is 1. The van der Waals surface area contributed by atoms with Crippen molar-refractivity contribution in [2.75, 3.05) is 20.2 Å². The second kappa shape index (κ2) is 9.99. The molecular weight excluding hydrogens is 420 g/mol. The van der Waals surface area contributed by atoms with Crippen molar-refractivity contribution in [3.63, 3.8) is 0 Å². The number of nitriles is 1. The van der Waals surface area contributed by atoms with Gasteiger partial charge in [-0.2, -0.15) is 23.3 Å². The van der Waals surface area contributed by atoms with Crippen LogP contribution in [0.2, 0.25) is 0 Å². The normalized spacial score (nSPS) is 16.4. The lowest BCUT2D eigenvalue weighted by molar-refractivity contribution is -0.462. The van der Waals surface area contributed by atoms with Crippen molar-refractivity contribution < 1.29 is 36.3 Å². The number of oxime groups is 1. The second-order valence-corrected chi connectivity index (χ2v) is 8.56. The fraction of sp³-hybridized carbons (Fsp3) is 0.467. The van der Waals surface area contributed by atoms with Gasteiger partial charge in [-0.1, -0.05) is 6.42 Å². The van der Waals surface area contributed by atoms with Gasteiger partial charge in [0.25, 0.3) is 10.0 Å². The molecule has 1 aromatic rings. The summed E-state index contributed by atoms with van der Waals surface area (Å²) in [6.07, 6.45) is 1.81. The summed E-state index contributed by atoms with van der Waals surface area (Å²) in [4.78, 5) is 4.20. The predicted octanol–water partition coefficient (Wildman–Crippen LogP) is 2.82. The zero-order chi connectivity index (χ0) is 20.6. The summed E-state index contributed by atoms with van der Waals surface area (Å²) in [5.74, 6) is 0.551. The van der Waals surface area contributed by atoms with Crippen LogP contribution in [-0.2, 0) is 24.4 Å². The molecule has 1 saturated heterocycles. The van der Waals surface area contributed by atoms with Gasteiger partial charge in [-0.05, 0) is 42.3 Å². The molecule has 13 heteroatoms.